The Morgan fingerprint density at radius 2 is 1.69 bits per heavy atom. The van der Waals surface area contributed by atoms with Gasteiger partial charge in [0.1, 0.15) is 11.5 Å². The molecule has 82 valence electrons. The molecule has 0 N–H and O–H groups in total. The summed E-state index contributed by atoms with van der Waals surface area (Å²) in [5, 5.41) is 0. The molecule has 16 heavy (non-hydrogen) atoms. The van der Waals surface area contributed by atoms with E-state index in [-0.39, 0.29) is 5.56 Å². The molecule has 0 aliphatic carbocycles. The second-order valence-corrected chi connectivity index (χ2v) is 3.09. The lowest BCUT2D eigenvalue weighted by Gasteiger charge is -2.04. The Morgan fingerprint density at radius 1 is 0.938 bits per heavy atom. The summed E-state index contributed by atoms with van der Waals surface area (Å²) in [6.45, 7) is 0. The lowest BCUT2D eigenvalue weighted by atomic mass is 10.1. The van der Waals surface area contributed by atoms with E-state index in [1.54, 1.807) is 0 Å². The van der Waals surface area contributed by atoms with Gasteiger partial charge in [0, 0.05) is 11.6 Å². The molecular formula is C11H5F4N. The number of nitrogens with zero attached hydrogens (tertiary/aromatic N) is 1. The number of hydrogen-bond donors (Lipinski definition) is 0. The van der Waals surface area contributed by atoms with Crippen LogP contribution < -0.4 is 0 Å². The maximum Gasteiger partial charge on any atom is 0.168 e. The van der Waals surface area contributed by atoms with E-state index in [0.29, 0.717) is 6.07 Å². The minimum Gasteiger partial charge on any atom is -0.250 e. The van der Waals surface area contributed by atoms with Crippen molar-refractivity contribution < 1.29 is 17.6 Å². The van der Waals surface area contributed by atoms with Crippen LogP contribution in [0, 0.1) is 23.3 Å². The van der Waals surface area contributed by atoms with Gasteiger partial charge in [0.2, 0.25) is 0 Å². The summed E-state index contributed by atoms with van der Waals surface area (Å²) < 4.78 is 52.0. The van der Waals surface area contributed by atoms with Crippen molar-refractivity contribution in [2.45, 2.75) is 0 Å². The van der Waals surface area contributed by atoms with Crippen LogP contribution in [0.1, 0.15) is 0 Å². The zero-order chi connectivity index (χ0) is 11.7. The average Bonchev–Trinajstić information content (AvgIpc) is 2.23. The molecule has 2 aromatic rings. The summed E-state index contributed by atoms with van der Waals surface area (Å²) in [6.07, 6.45) is 0.739. The molecule has 1 aromatic carbocycles. The average molecular weight is 227 g/mol. The van der Waals surface area contributed by atoms with E-state index in [4.69, 9.17) is 0 Å². The first-order valence-corrected chi connectivity index (χ1v) is 4.35. The third-order valence-corrected chi connectivity index (χ3v) is 2.01. The molecule has 0 atom stereocenters. The van der Waals surface area contributed by atoms with E-state index < -0.39 is 29.0 Å². The summed E-state index contributed by atoms with van der Waals surface area (Å²) >= 11 is 0. The van der Waals surface area contributed by atoms with Gasteiger partial charge in [0.15, 0.2) is 17.5 Å². The first kappa shape index (κ1) is 10.6. The Balaban J connectivity index is 2.63. The molecule has 2 rings (SSSR count). The Bertz CT molecular complexity index is 540. The van der Waals surface area contributed by atoms with Gasteiger partial charge in [-0.2, -0.15) is 0 Å². The Kier molecular flexibility index (Phi) is 2.60. The van der Waals surface area contributed by atoms with E-state index in [1.165, 1.54) is 12.1 Å². The lowest BCUT2D eigenvalue weighted by Crippen LogP contribution is -1.95. The minimum atomic E-state index is -1.21. The van der Waals surface area contributed by atoms with Gasteiger partial charge in [-0.05, 0) is 12.1 Å². The van der Waals surface area contributed by atoms with Crippen LogP contribution in [0.25, 0.3) is 11.3 Å². The first-order valence-electron chi connectivity index (χ1n) is 4.35. The van der Waals surface area contributed by atoms with E-state index in [1.807, 2.05) is 0 Å². The summed E-state index contributed by atoms with van der Waals surface area (Å²) in [7, 11) is 0. The molecule has 0 fully saturated rings. The van der Waals surface area contributed by atoms with E-state index in [0.717, 1.165) is 12.3 Å². The summed E-state index contributed by atoms with van der Waals surface area (Å²) in [4.78, 5) is 3.39. The molecule has 0 unspecified atom stereocenters. The van der Waals surface area contributed by atoms with Gasteiger partial charge < -0.3 is 0 Å². The van der Waals surface area contributed by atoms with Crippen molar-refractivity contribution in [2.75, 3.05) is 0 Å². The van der Waals surface area contributed by atoms with Crippen LogP contribution in [0.3, 0.4) is 0 Å². The highest BCUT2D eigenvalue weighted by atomic mass is 19.2. The summed E-state index contributed by atoms with van der Waals surface area (Å²) in [5.41, 5.74) is -0.754. The molecule has 0 aliphatic heterocycles. The molecule has 0 aliphatic rings. The third-order valence-electron chi connectivity index (χ3n) is 2.01. The fraction of sp³-hybridized carbons (Fsp3) is 0. The molecule has 1 aromatic heterocycles. The smallest absolute Gasteiger partial charge is 0.168 e. The summed E-state index contributed by atoms with van der Waals surface area (Å²) in [5.74, 6) is -4.23. The zero-order valence-corrected chi connectivity index (χ0v) is 7.85. The van der Waals surface area contributed by atoms with Gasteiger partial charge in [-0.25, -0.2) is 22.5 Å². The van der Waals surface area contributed by atoms with Gasteiger partial charge in [-0.15, -0.1) is 0 Å². The van der Waals surface area contributed by atoms with Crippen molar-refractivity contribution in [1.82, 2.24) is 4.98 Å². The lowest BCUT2D eigenvalue weighted by molar-refractivity contribution is 0.509. The van der Waals surface area contributed by atoms with Crippen molar-refractivity contribution in [2.24, 2.45) is 0 Å². The maximum absolute atomic E-state index is 13.3. The molecule has 0 amide bonds. The van der Waals surface area contributed by atoms with Crippen LogP contribution in [0.5, 0.6) is 0 Å². The quantitative estimate of drug-likeness (QED) is 0.681. The predicted molar refractivity (Wildman–Crippen MR) is 49.5 cm³/mol. The zero-order valence-electron chi connectivity index (χ0n) is 7.85. The van der Waals surface area contributed by atoms with Gasteiger partial charge in [-0.1, -0.05) is 6.07 Å². The highest BCUT2D eigenvalue weighted by molar-refractivity contribution is 5.60. The first-order chi connectivity index (χ1) is 7.59. The standard InChI is InChI=1S/C11H5F4N/c12-6-4-9(14)11(16-5-6)7-2-1-3-8(13)10(7)15/h1-5H. The fourth-order valence-corrected chi connectivity index (χ4v) is 1.30. The van der Waals surface area contributed by atoms with Crippen LogP contribution in [-0.2, 0) is 0 Å². The molecule has 0 saturated heterocycles. The second-order valence-electron chi connectivity index (χ2n) is 3.09. The van der Waals surface area contributed by atoms with Gasteiger partial charge in [-0.3, -0.25) is 0 Å². The molecule has 0 spiro atoms. The Labute approximate surface area is 88.4 Å². The molecule has 0 bridgehead atoms. The normalized spacial score (nSPS) is 10.5. The van der Waals surface area contributed by atoms with Crippen molar-refractivity contribution in [1.29, 1.82) is 0 Å². The van der Waals surface area contributed by atoms with Gasteiger partial charge in [0.25, 0.3) is 0 Å². The molecule has 1 nitrogen and oxygen atoms in total. The number of halogens is 4. The van der Waals surface area contributed by atoms with Crippen molar-refractivity contribution >= 4 is 0 Å². The largest absolute Gasteiger partial charge is 0.250 e. The molecule has 0 saturated carbocycles. The Morgan fingerprint density at radius 3 is 2.38 bits per heavy atom. The minimum absolute atomic E-state index is 0.336. The monoisotopic (exact) mass is 227 g/mol. The number of hydrogen-bond acceptors (Lipinski definition) is 1. The highest BCUT2D eigenvalue weighted by Crippen LogP contribution is 2.24. The van der Waals surface area contributed by atoms with Crippen LogP contribution in [0.15, 0.2) is 30.5 Å². The van der Waals surface area contributed by atoms with Crippen LogP contribution >= 0.6 is 0 Å². The number of pyridine rings is 1. The Hall–Kier alpha value is -1.91. The number of benzene rings is 1. The van der Waals surface area contributed by atoms with Crippen molar-refractivity contribution in [3.8, 4) is 11.3 Å². The maximum atomic E-state index is 13.3. The van der Waals surface area contributed by atoms with Crippen LogP contribution in [-0.4, -0.2) is 4.98 Å². The van der Waals surface area contributed by atoms with Crippen LogP contribution in [0.2, 0.25) is 0 Å². The fourth-order valence-electron chi connectivity index (χ4n) is 1.30. The van der Waals surface area contributed by atoms with E-state index in [2.05, 4.69) is 4.98 Å². The topological polar surface area (TPSA) is 12.9 Å². The van der Waals surface area contributed by atoms with Gasteiger partial charge >= 0.3 is 0 Å². The predicted octanol–water partition coefficient (Wildman–Crippen LogP) is 3.31. The summed E-state index contributed by atoms with van der Waals surface area (Å²) in [6, 6.07) is 3.85. The second kappa shape index (κ2) is 3.92. The van der Waals surface area contributed by atoms with Crippen molar-refractivity contribution in [3.05, 3.63) is 53.7 Å². The van der Waals surface area contributed by atoms with E-state index in [9.17, 15) is 17.6 Å². The SMILES string of the molecule is Fc1cnc(-c2cccc(F)c2F)c(F)c1. The number of aromatic nitrogens is 1. The van der Waals surface area contributed by atoms with Gasteiger partial charge in [0.05, 0.1) is 6.20 Å². The molecule has 5 heteroatoms. The molecule has 1 heterocycles. The highest BCUT2D eigenvalue weighted by Gasteiger charge is 2.15. The third kappa shape index (κ3) is 1.76. The van der Waals surface area contributed by atoms with Crippen LogP contribution in [0.4, 0.5) is 17.6 Å². The molecular weight excluding hydrogens is 222 g/mol. The van der Waals surface area contributed by atoms with E-state index >= 15 is 0 Å². The number of rotatable bonds is 1. The van der Waals surface area contributed by atoms with Crippen molar-refractivity contribution in [3.63, 3.8) is 0 Å². The molecule has 0 radical (unpaired) electrons.